The molecule has 0 spiro atoms. The van der Waals surface area contributed by atoms with Gasteiger partial charge < -0.3 is 24.5 Å². The van der Waals surface area contributed by atoms with Crippen LogP contribution in [0.1, 0.15) is 22.6 Å². The van der Waals surface area contributed by atoms with Crippen LogP contribution in [0, 0.1) is 0 Å². The average Bonchev–Trinajstić information content (AvgIpc) is 2.68. The molecule has 1 aliphatic heterocycles. The van der Waals surface area contributed by atoms with Crippen molar-refractivity contribution in [3.8, 4) is 5.75 Å². The molecule has 0 aliphatic carbocycles. The summed E-state index contributed by atoms with van der Waals surface area (Å²) < 4.78 is 16.3. The predicted molar refractivity (Wildman–Crippen MR) is 93.1 cm³/mol. The lowest BCUT2D eigenvalue weighted by atomic mass is 10.1. The van der Waals surface area contributed by atoms with Crippen molar-refractivity contribution < 1.29 is 19.0 Å². The number of pyridine rings is 2. The Bertz CT molecular complexity index is 793. The molecule has 138 valence electrons. The highest BCUT2D eigenvalue weighted by Gasteiger charge is 2.28. The summed E-state index contributed by atoms with van der Waals surface area (Å²) in [5, 5.41) is 2.87. The summed E-state index contributed by atoms with van der Waals surface area (Å²) in [7, 11) is 1.40. The fourth-order valence-corrected chi connectivity index (χ4v) is 2.72. The largest absolute Gasteiger partial charge is 0.491 e. The molecule has 3 rings (SSSR count). The van der Waals surface area contributed by atoms with E-state index in [1.54, 1.807) is 6.20 Å². The molecule has 1 saturated heterocycles. The van der Waals surface area contributed by atoms with Crippen LogP contribution in [0.2, 0.25) is 0 Å². The van der Waals surface area contributed by atoms with Gasteiger partial charge in [0.05, 0.1) is 38.2 Å². The van der Waals surface area contributed by atoms with E-state index >= 15 is 0 Å². The van der Waals surface area contributed by atoms with E-state index in [2.05, 4.69) is 15.3 Å². The zero-order chi connectivity index (χ0) is 18.4. The normalized spacial score (nSPS) is 19.7. The van der Waals surface area contributed by atoms with Crippen molar-refractivity contribution in [1.29, 1.82) is 0 Å². The second kappa shape index (κ2) is 8.59. The third-order valence-corrected chi connectivity index (χ3v) is 4.12. The van der Waals surface area contributed by atoms with Crippen molar-refractivity contribution in [2.75, 3.05) is 20.3 Å². The van der Waals surface area contributed by atoms with Gasteiger partial charge in [-0.3, -0.25) is 14.6 Å². The molecule has 2 N–H and O–H groups in total. The molecule has 26 heavy (non-hydrogen) atoms. The minimum atomic E-state index is -0.397. The van der Waals surface area contributed by atoms with Gasteiger partial charge in [-0.15, -0.1) is 0 Å². The smallest absolute Gasteiger partial charge is 0.268 e. The van der Waals surface area contributed by atoms with Gasteiger partial charge in [0, 0.05) is 25.1 Å². The van der Waals surface area contributed by atoms with Crippen molar-refractivity contribution in [3.05, 3.63) is 58.3 Å². The average molecular weight is 359 g/mol. The van der Waals surface area contributed by atoms with Crippen LogP contribution in [0.5, 0.6) is 5.75 Å². The Hall–Kier alpha value is -2.71. The number of H-pyrrole nitrogens is 1. The monoisotopic (exact) mass is 359 g/mol. The summed E-state index contributed by atoms with van der Waals surface area (Å²) in [6, 6.07) is 6.52. The Kier molecular flexibility index (Phi) is 5.98. The number of hydrogen-bond acceptors (Lipinski definition) is 6. The number of carbonyl (C=O) groups is 1. The molecule has 2 aromatic heterocycles. The van der Waals surface area contributed by atoms with Gasteiger partial charge in [0.15, 0.2) is 5.75 Å². The molecule has 1 amide bonds. The molecule has 2 aromatic rings. The number of nitrogens with zero attached hydrogens (tertiary/aromatic N) is 1. The number of rotatable bonds is 6. The lowest BCUT2D eigenvalue weighted by Gasteiger charge is -2.32. The number of aromatic amines is 1. The lowest BCUT2D eigenvalue weighted by Crippen LogP contribution is -2.50. The van der Waals surface area contributed by atoms with Crippen LogP contribution in [-0.2, 0) is 16.1 Å². The van der Waals surface area contributed by atoms with E-state index in [0.717, 1.165) is 5.69 Å². The number of hydrogen-bond donors (Lipinski definition) is 2. The Morgan fingerprint density at radius 1 is 1.46 bits per heavy atom. The van der Waals surface area contributed by atoms with Crippen LogP contribution in [0.25, 0.3) is 0 Å². The van der Waals surface area contributed by atoms with Crippen molar-refractivity contribution >= 4 is 5.91 Å². The lowest BCUT2D eigenvalue weighted by molar-refractivity contribution is -0.0613. The van der Waals surface area contributed by atoms with E-state index < -0.39 is 5.91 Å². The Morgan fingerprint density at radius 3 is 3.08 bits per heavy atom. The molecule has 0 unspecified atom stereocenters. The summed E-state index contributed by atoms with van der Waals surface area (Å²) in [5.41, 5.74) is 0.618. The van der Waals surface area contributed by atoms with Crippen LogP contribution in [0.15, 0.2) is 41.5 Å². The summed E-state index contributed by atoms with van der Waals surface area (Å²) >= 11 is 0. The van der Waals surface area contributed by atoms with Crippen LogP contribution >= 0.6 is 0 Å². The van der Waals surface area contributed by atoms with Crippen LogP contribution in [0.3, 0.4) is 0 Å². The maximum absolute atomic E-state index is 12.4. The molecule has 1 aliphatic rings. The molecule has 0 saturated carbocycles. The van der Waals surface area contributed by atoms with Gasteiger partial charge in [-0.05, 0) is 18.6 Å². The third kappa shape index (κ3) is 4.47. The molecule has 2 atom stereocenters. The first-order chi connectivity index (χ1) is 12.7. The van der Waals surface area contributed by atoms with Gasteiger partial charge in [-0.25, -0.2) is 0 Å². The summed E-state index contributed by atoms with van der Waals surface area (Å²) in [6.07, 6.45) is 3.54. The van der Waals surface area contributed by atoms with Gasteiger partial charge in [0.25, 0.3) is 5.91 Å². The van der Waals surface area contributed by atoms with Gasteiger partial charge in [0.1, 0.15) is 5.69 Å². The zero-order valence-electron chi connectivity index (χ0n) is 14.4. The highest BCUT2D eigenvalue weighted by molar-refractivity contribution is 5.92. The van der Waals surface area contributed by atoms with E-state index in [1.165, 1.54) is 19.4 Å². The maximum Gasteiger partial charge on any atom is 0.268 e. The van der Waals surface area contributed by atoms with Crippen LogP contribution in [-0.4, -0.2) is 48.3 Å². The predicted octanol–water partition coefficient (Wildman–Crippen LogP) is 0.883. The Balaban J connectivity index is 1.63. The number of methoxy groups -OCH3 is 1. The number of amides is 1. The van der Waals surface area contributed by atoms with Crippen molar-refractivity contribution in [2.24, 2.45) is 0 Å². The molecule has 0 radical (unpaired) electrons. The second-order valence-corrected chi connectivity index (χ2v) is 5.89. The minimum absolute atomic E-state index is 0.152. The molecule has 3 heterocycles. The molecular weight excluding hydrogens is 338 g/mol. The van der Waals surface area contributed by atoms with E-state index in [1.807, 2.05) is 18.2 Å². The Labute approximate surface area is 150 Å². The van der Waals surface area contributed by atoms with Crippen LogP contribution < -0.4 is 15.5 Å². The molecule has 8 nitrogen and oxygen atoms in total. The molecule has 0 bridgehead atoms. The molecule has 0 aromatic carbocycles. The van der Waals surface area contributed by atoms with Crippen molar-refractivity contribution in [3.63, 3.8) is 0 Å². The molecular formula is C18H21N3O5. The highest BCUT2D eigenvalue weighted by Crippen LogP contribution is 2.14. The summed E-state index contributed by atoms with van der Waals surface area (Å²) in [6.45, 7) is 1.27. The number of carbonyl (C=O) groups excluding carboxylic acids is 1. The fraction of sp³-hybridized carbons (Fsp3) is 0.389. The summed E-state index contributed by atoms with van der Waals surface area (Å²) in [4.78, 5) is 31.2. The van der Waals surface area contributed by atoms with Gasteiger partial charge in [0.2, 0.25) is 5.43 Å². The third-order valence-electron chi connectivity index (χ3n) is 4.12. The Morgan fingerprint density at radius 2 is 2.35 bits per heavy atom. The summed E-state index contributed by atoms with van der Waals surface area (Å²) in [5.74, 6) is -0.245. The zero-order valence-corrected chi connectivity index (χ0v) is 14.4. The SMILES string of the molecule is COc1c[nH]c(C(=O)N[C@@H]2COCC[C@H]2OCc2ccccn2)cc1=O. The maximum atomic E-state index is 12.4. The van der Waals surface area contributed by atoms with Gasteiger partial charge in [-0.1, -0.05) is 6.07 Å². The van der Waals surface area contributed by atoms with E-state index in [0.29, 0.717) is 26.2 Å². The van der Waals surface area contributed by atoms with Gasteiger partial charge >= 0.3 is 0 Å². The second-order valence-electron chi connectivity index (χ2n) is 5.89. The highest BCUT2D eigenvalue weighted by atomic mass is 16.5. The quantitative estimate of drug-likeness (QED) is 0.794. The van der Waals surface area contributed by atoms with E-state index in [-0.39, 0.29) is 29.0 Å². The number of ether oxygens (including phenoxy) is 3. The van der Waals surface area contributed by atoms with Crippen molar-refractivity contribution in [1.82, 2.24) is 15.3 Å². The fourth-order valence-electron chi connectivity index (χ4n) is 2.72. The minimum Gasteiger partial charge on any atom is -0.491 e. The van der Waals surface area contributed by atoms with Crippen molar-refractivity contribution in [2.45, 2.75) is 25.2 Å². The van der Waals surface area contributed by atoms with E-state index in [4.69, 9.17) is 14.2 Å². The topological polar surface area (TPSA) is 103 Å². The number of nitrogens with one attached hydrogen (secondary N) is 2. The first-order valence-electron chi connectivity index (χ1n) is 8.34. The van der Waals surface area contributed by atoms with Crippen LogP contribution in [0.4, 0.5) is 0 Å². The van der Waals surface area contributed by atoms with E-state index in [9.17, 15) is 9.59 Å². The first-order valence-corrected chi connectivity index (χ1v) is 8.34. The van der Waals surface area contributed by atoms with Gasteiger partial charge in [-0.2, -0.15) is 0 Å². The molecule has 1 fully saturated rings. The number of aromatic nitrogens is 2. The standard InChI is InChI=1S/C18H21N3O5/c1-24-17-9-20-13(8-15(17)22)18(23)21-14-11-25-7-5-16(14)26-10-12-4-2-3-6-19-12/h2-4,6,8-9,14,16H,5,7,10-11H2,1H3,(H,20,22)(H,21,23)/t14-,16-/m1/s1. The molecule has 8 heteroatoms. The first kappa shape index (κ1) is 18.1.